The van der Waals surface area contributed by atoms with Gasteiger partial charge in [-0.15, -0.1) is 0 Å². The number of carboxylic acid groups (broad SMARTS) is 1. The van der Waals surface area contributed by atoms with Gasteiger partial charge in [0.1, 0.15) is 0 Å². The zero-order chi connectivity index (χ0) is 15.2. The molecule has 3 N–H and O–H groups in total. The molecule has 0 heterocycles. The third-order valence-electron chi connectivity index (χ3n) is 3.04. The highest BCUT2D eigenvalue weighted by Gasteiger charge is 2.20. The predicted octanol–water partition coefficient (Wildman–Crippen LogP) is 2.59. The van der Waals surface area contributed by atoms with Crippen LogP contribution in [0.1, 0.15) is 23.2 Å². The van der Waals surface area contributed by atoms with Crippen LogP contribution in [0.2, 0.25) is 5.02 Å². The van der Waals surface area contributed by atoms with Crippen LogP contribution in [0.4, 0.5) is 10.5 Å². The van der Waals surface area contributed by atoms with Crippen molar-refractivity contribution in [1.29, 1.82) is 0 Å². The van der Waals surface area contributed by atoms with Gasteiger partial charge in [0.05, 0.1) is 17.9 Å². The number of carbonyl (C=O) groups is 2. The van der Waals surface area contributed by atoms with Crippen LogP contribution in [0.15, 0.2) is 18.2 Å². The molecule has 2 rings (SSSR count). The Kier molecular flexibility index (Phi) is 5.41. The van der Waals surface area contributed by atoms with E-state index in [-0.39, 0.29) is 11.3 Å². The molecule has 0 saturated heterocycles. The molecule has 1 aromatic carbocycles. The van der Waals surface area contributed by atoms with E-state index in [4.69, 9.17) is 21.4 Å². The number of hydrogen-bond donors (Lipinski definition) is 3. The maximum Gasteiger partial charge on any atom is 0.337 e. The Balaban J connectivity index is 1.77. The number of urea groups is 1. The van der Waals surface area contributed by atoms with Crippen LogP contribution in [-0.4, -0.2) is 36.9 Å². The first kappa shape index (κ1) is 15.6. The summed E-state index contributed by atoms with van der Waals surface area (Å²) in [5.74, 6) is -0.466. The van der Waals surface area contributed by atoms with Gasteiger partial charge >= 0.3 is 12.0 Å². The molecule has 7 heteroatoms. The van der Waals surface area contributed by atoms with Crippen LogP contribution in [0.25, 0.3) is 0 Å². The summed E-state index contributed by atoms with van der Waals surface area (Å²) in [4.78, 5) is 22.8. The zero-order valence-corrected chi connectivity index (χ0v) is 12.2. The molecule has 0 spiro atoms. The minimum atomic E-state index is -1.15. The van der Waals surface area contributed by atoms with E-state index in [1.165, 1.54) is 31.0 Å². The lowest BCUT2D eigenvalue weighted by Crippen LogP contribution is -2.32. The molecule has 6 nitrogen and oxygen atoms in total. The Bertz CT molecular complexity index is 532. The molecule has 1 aliphatic rings. The molecule has 0 aromatic heterocycles. The van der Waals surface area contributed by atoms with Gasteiger partial charge in [0.2, 0.25) is 0 Å². The van der Waals surface area contributed by atoms with Crippen molar-refractivity contribution in [2.45, 2.75) is 12.8 Å². The van der Waals surface area contributed by atoms with Crippen LogP contribution in [0, 0.1) is 5.92 Å². The molecule has 1 aromatic rings. The molecule has 1 aliphatic carbocycles. The van der Waals surface area contributed by atoms with E-state index in [2.05, 4.69) is 10.6 Å². The largest absolute Gasteiger partial charge is 0.478 e. The van der Waals surface area contributed by atoms with E-state index >= 15 is 0 Å². The molecule has 0 radical (unpaired) electrons. The molecule has 0 atom stereocenters. The summed E-state index contributed by atoms with van der Waals surface area (Å²) in [6.07, 6.45) is 2.45. The fraction of sp³-hybridized carbons (Fsp3) is 0.429. The number of ether oxygens (including phenoxy) is 1. The number of carbonyl (C=O) groups excluding carboxylic acids is 1. The SMILES string of the molecule is O=C(NCCOCC1CC1)Nc1ccc(Cl)cc1C(=O)O. The van der Waals surface area contributed by atoms with Gasteiger partial charge in [-0.3, -0.25) is 0 Å². The smallest absolute Gasteiger partial charge is 0.337 e. The average molecular weight is 313 g/mol. The van der Waals surface area contributed by atoms with Crippen LogP contribution in [0.3, 0.4) is 0 Å². The van der Waals surface area contributed by atoms with Gasteiger partial charge in [-0.25, -0.2) is 9.59 Å². The number of halogens is 1. The summed E-state index contributed by atoms with van der Waals surface area (Å²) in [7, 11) is 0. The van der Waals surface area contributed by atoms with E-state index in [1.54, 1.807) is 0 Å². The van der Waals surface area contributed by atoms with Crippen LogP contribution in [0.5, 0.6) is 0 Å². The lowest BCUT2D eigenvalue weighted by molar-refractivity contribution is 0.0698. The van der Waals surface area contributed by atoms with Gasteiger partial charge in [-0.05, 0) is 37.0 Å². The van der Waals surface area contributed by atoms with Gasteiger partial charge in [0.15, 0.2) is 0 Å². The summed E-state index contributed by atoms with van der Waals surface area (Å²) in [6, 6.07) is 3.78. The first-order valence-electron chi connectivity index (χ1n) is 6.71. The number of benzene rings is 1. The molecule has 21 heavy (non-hydrogen) atoms. The first-order chi connectivity index (χ1) is 10.1. The molecule has 2 amide bonds. The van der Waals surface area contributed by atoms with Gasteiger partial charge < -0.3 is 20.5 Å². The van der Waals surface area contributed by atoms with Gasteiger partial charge in [-0.1, -0.05) is 11.6 Å². The number of hydrogen-bond acceptors (Lipinski definition) is 3. The third kappa shape index (κ3) is 5.24. The van der Waals surface area contributed by atoms with Crippen LogP contribution >= 0.6 is 11.6 Å². The molecular formula is C14H17ClN2O4. The predicted molar refractivity (Wildman–Crippen MR) is 79.0 cm³/mol. The number of rotatable bonds is 7. The van der Waals surface area contributed by atoms with E-state index in [0.717, 1.165) is 6.61 Å². The van der Waals surface area contributed by atoms with E-state index in [0.29, 0.717) is 24.1 Å². The molecule has 114 valence electrons. The minimum absolute atomic E-state index is 0.0531. The average Bonchev–Trinajstić information content (AvgIpc) is 3.24. The second kappa shape index (κ2) is 7.28. The molecule has 1 fully saturated rings. The first-order valence-corrected chi connectivity index (χ1v) is 7.09. The lowest BCUT2D eigenvalue weighted by Gasteiger charge is -2.10. The Morgan fingerprint density at radius 3 is 2.81 bits per heavy atom. The normalized spacial score (nSPS) is 13.8. The molecule has 1 saturated carbocycles. The number of nitrogens with one attached hydrogen (secondary N) is 2. The zero-order valence-electron chi connectivity index (χ0n) is 11.4. The Labute approximate surface area is 127 Å². The van der Waals surface area contributed by atoms with Crippen molar-refractivity contribution >= 4 is 29.3 Å². The van der Waals surface area contributed by atoms with Gasteiger partial charge in [0.25, 0.3) is 0 Å². The quantitative estimate of drug-likeness (QED) is 0.675. The monoisotopic (exact) mass is 312 g/mol. The summed E-state index contributed by atoms with van der Waals surface area (Å²) in [6.45, 7) is 1.55. The van der Waals surface area contributed by atoms with Crippen LogP contribution < -0.4 is 10.6 Å². The maximum absolute atomic E-state index is 11.7. The fourth-order valence-corrected chi connectivity index (χ4v) is 1.91. The number of carboxylic acids is 1. The maximum atomic E-state index is 11.7. The van der Waals surface area contributed by atoms with E-state index in [1.807, 2.05) is 0 Å². The highest BCUT2D eigenvalue weighted by molar-refractivity contribution is 6.31. The van der Waals surface area contributed by atoms with Crippen molar-refractivity contribution < 1.29 is 19.4 Å². The fourth-order valence-electron chi connectivity index (χ4n) is 1.74. The molecule has 0 unspecified atom stereocenters. The van der Waals surface area contributed by atoms with Crippen LogP contribution in [-0.2, 0) is 4.74 Å². The van der Waals surface area contributed by atoms with Crippen molar-refractivity contribution in [3.8, 4) is 0 Å². The molecule has 0 aliphatic heterocycles. The standard InChI is InChI=1S/C14H17ClN2O4/c15-10-3-4-12(11(7-10)13(18)19)17-14(20)16-5-6-21-8-9-1-2-9/h3-4,7,9H,1-2,5-6,8H2,(H,18,19)(H2,16,17,20). The summed E-state index contributed by atoms with van der Waals surface area (Å²) >= 11 is 5.74. The second-order valence-electron chi connectivity index (χ2n) is 4.89. The van der Waals surface area contributed by atoms with Gasteiger partial charge in [0, 0.05) is 18.2 Å². The minimum Gasteiger partial charge on any atom is -0.478 e. The van der Waals surface area contributed by atoms with Crippen molar-refractivity contribution in [3.63, 3.8) is 0 Å². The topological polar surface area (TPSA) is 87.7 Å². The van der Waals surface area contributed by atoms with Crippen molar-refractivity contribution in [2.24, 2.45) is 5.92 Å². The van der Waals surface area contributed by atoms with Crippen molar-refractivity contribution in [3.05, 3.63) is 28.8 Å². The summed E-state index contributed by atoms with van der Waals surface area (Å²) in [5, 5.41) is 14.4. The Morgan fingerprint density at radius 1 is 1.38 bits per heavy atom. The van der Waals surface area contributed by atoms with E-state index < -0.39 is 12.0 Å². The Hall–Kier alpha value is -1.79. The third-order valence-corrected chi connectivity index (χ3v) is 3.28. The highest BCUT2D eigenvalue weighted by atomic mass is 35.5. The number of aromatic carboxylic acids is 1. The second-order valence-corrected chi connectivity index (χ2v) is 5.33. The molecule has 0 bridgehead atoms. The van der Waals surface area contributed by atoms with Crippen molar-refractivity contribution in [2.75, 3.05) is 25.1 Å². The molecular weight excluding hydrogens is 296 g/mol. The summed E-state index contributed by atoms with van der Waals surface area (Å²) in [5.41, 5.74) is 0.144. The lowest BCUT2D eigenvalue weighted by atomic mass is 10.2. The van der Waals surface area contributed by atoms with E-state index in [9.17, 15) is 9.59 Å². The summed E-state index contributed by atoms with van der Waals surface area (Å²) < 4.78 is 5.38. The highest BCUT2D eigenvalue weighted by Crippen LogP contribution is 2.28. The van der Waals surface area contributed by atoms with Gasteiger partial charge in [-0.2, -0.15) is 0 Å². The van der Waals surface area contributed by atoms with Crippen molar-refractivity contribution in [1.82, 2.24) is 5.32 Å². The number of anilines is 1. The number of amides is 2. The Morgan fingerprint density at radius 2 is 2.14 bits per heavy atom.